The monoisotopic (exact) mass is 379 g/mol. The minimum Gasteiger partial charge on any atom is -0.448 e. The molecule has 0 spiro atoms. The van der Waals surface area contributed by atoms with Crippen molar-refractivity contribution in [1.29, 1.82) is 0 Å². The summed E-state index contributed by atoms with van der Waals surface area (Å²) in [5.41, 5.74) is 3.45. The second-order valence-corrected chi connectivity index (χ2v) is 7.34. The van der Waals surface area contributed by atoms with Crippen LogP contribution in [0.15, 0.2) is 53.9 Å². The Hall–Kier alpha value is -2.67. The summed E-state index contributed by atoms with van der Waals surface area (Å²) in [4.78, 5) is 8.86. The Morgan fingerprint density at radius 3 is 2.89 bits per heavy atom. The van der Waals surface area contributed by atoms with Crippen molar-refractivity contribution in [3.63, 3.8) is 0 Å². The lowest BCUT2D eigenvalue weighted by Crippen LogP contribution is -2.17. The van der Waals surface area contributed by atoms with Crippen molar-refractivity contribution in [2.45, 2.75) is 37.6 Å². The molecule has 0 aliphatic carbocycles. The first kappa shape index (κ1) is 17.7. The number of hydrogen-bond acceptors (Lipinski definition) is 7. The Balaban J connectivity index is 1.68. The van der Waals surface area contributed by atoms with E-state index in [1.54, 1.807) is 24.2 Å². The van der Waals surface area contributed by atoms with Gasteiger partial charge in [-0.15, -0.1) is 10.2 Å². The van der Waals surface area contributed by atoms with Crippen LogP contribution in [0.5, 0.6) is 5.88 Å². The Morgan fingerprint density at radius 2 is 2.04 bits per heavy atom. The van der Waals surface area contributed by atoms with Gasteiger partial charge in [0.05, 0.1) is 0 Å². The maximum Gasteiger partial charge on any atom is 0.247 e. The van der Waals surface area contributed by atoms with Crippen molar-refractivity contribution in [3.8, 4) is 17.1 Å². The van der Waals surface area contributed by atoms with Gasteiger partial charge < -0.3 is 10.1 Å². The summed E-state index contributed by atoms with van der Waals surface area (Å²) in [7, 11) is 0. The molecule has 4 rings (SSSR count). The average Bonchev–Trinajstić information content (AvgIpc) is 2.88. The molecule has 0 saturated heterocycles. The van der Waals surface area contributed by atoms with Gasteiger partial charge in [0.15, 0.2) is 11.9 Å². The van der Waals surface area contributed by atoms with E-state index < -0.39 is 6.23 Å². The number of pyridine rings is 1. The number of ether oxygens (including phenoxy) is 1. The zero-order chi connectivity index (χ0) is 18.5. The standard InChI is InChI=1S/C20H21N5OS/c1-2-3-6-12-27-20-23-19-17(24-25-20)15-9-4-5-10-16(15)22-18(26-19)14-8-7-11-21-13-14/h4-5,7-11,13,18,22H,2-3,6,12H2,1H3/t18-/m1/s1. The molecule has 0 amide bonds. The SMILES string of the molecule is CCCCCSc1nnc2c(n1)O[C@H](c1cccnc1)Nc1ccccc1-2. The van der Waals surface area contributed by atoms with E-state index in [-0.39, 0.29) is 0 Å². The molecule has 0 fully saturated rings. The van der Waals surface area contributed by atoms with Crippen molar-refractivity contribution in [3.05, 3.63) is 54.4 Å². The minimum atomic E-state index is -0.393. The number of para-hydroxylation sites is 1. The molecule has 1 aliphatic rings. The summed E-state index contributed by atoms with van der Waals surface area (Å²) >= 11 is 1.62. The molecular weight excluding hydrogens is 358 g/mol. The van der Waals surface area contributed by atoms with Crippen molar-refractivity contribution in [2.75, 3.05) is 11.1 Å². The normalized spacial score (nSPS) is 15.1. The Bertz CT molecular complexity index is 906. The third-order valence-corrected chi connectivity index (χ3v) is 5.22. The van der Waals surface area contributed by atoms with Gasteiger partial charge in [0.25, 0.3) is 0 Å². The van der Waals surface area contributed by atoms with E-state index >= 15 is 0 Å². The molecule has 0 saturated carbocycles. The van der Waals surface area contributed by atoms with Gasteiger partial charge >= 0.3 is 0 Å². The van der Waals surface area contributed by atoms with Crippen molar-refractivity contribution >= 4 is 17.4 Å². The molecule has 3 heterocycles. The van der Waals surface area contributed by atoms with E-state index in [1.165, 1.54) is 12.8 Å². The first-order valence-corrected chi connectivity index (χ1v) is 10.1. The van der Waals surface area contributed by atoms with E-state index in [2.05, 4.69) is 32.4 Å². The van der Waals surface area contributed by atoms with Gasteiger partial charge in [-0.05, 0) is 18.6 Å². The van der Waals surface area contributed by atoms with Crippen LogP contribution in [0.2, 0.25) is 0 Å². The van der Waals surface area contributed by atoms with Crippen molar-refractivity contribution in [2.24, 2.45) is 0 Å². The highest BCUT2D eigenvalue weighted by Crippen LogP contribution is 2.39. The molecule has 0 radical (unpaired) electrons. The number of nitrogens with zero attached hydrogens (tertiary/aromatic N) is 4. The second kappa shape index (κ2) is 8.35. The van der Waals surface area contributed by atoms with E-state index in [4.69, 9.17) is 4.74 Å². The number of aromatic nitrogens is 4. The van der Waals surface area contributed by atoms with Gasteiger partial charge in [0.1, 0.15) is 0 Å². The number of nitrogens with one attached hydrogen (secondary N) is 1. The van der Waals surface area contributed by atoms with Crippen LogP contribution in [-0.4, -0.2) is 25.9 Å². The summed E-state index contributed by atoms with van der Waals surface area (Å²) in [6, 6.07) is 11.8. The molecular formula is C20H21N5OS. The smallest absolute Gasteiger partial charge is 0.247 e. The Morgan fingerprint density at radius 1 is 1.11 bits per heavy atom. The summed E-state index contributed by atoms with van der Waals surface area (Å²) in [5, 5.41) is 12.8. The van der Waals surface area contributed by atoms with Gasteiger partial charge in [-0.25, -0.2) is 0 Å². The third-order valence-electron chi connectivity index (χ3n) is 4.30. The molecule has 7 heteroatoms. The van der Waals surface area contributed by atoms with Crippen LogP contribution in [0.4, 0.5) is 5.69 Å². The van der Waals surface area contributed by atoms with Crippen LogP contribution < -0.4 is 10.1 Å². The molecule has 2 aromatic heterocycles. The average molecular weight is 379 g/mol. The molecule has 0 unspecified atom stereocenters. The van der Waals surface area contributed by atoms with E-state index in [0.29, 0.717) is 16.7 Å². The summed E-state index contributed by atoms with van der Waals surface area (Å²) < 4.78 is 6.22. The topological polar surface area (TPSA) is 72.8 Å². The molecule has 1 atom stereocenters. The Labute approximate surface area is 162 Å². The van der Waals surface area contributed by atoms with Gasteiger partial charge in [-0.3, -0.25) is 4.98 Å². The largest absolute Gasteiger partial charge is 0.448 e. The Kier molecular flexibility index (Phi) is 5.48. The van der Waals surface area contributed by atoms with E-state index in [0.717, 1.165) is 29.0 Å². The number of rotatable bonds is 6. The fourth-order valence-corrected chi connectivity index (χ4v) is 3.68. The number of anilines is 1. The second-order valence-electron chi connectivity index (χ2n) is 6.28. The molecule has 6 nitrogen and oxygen atoms in total. The lowest BCUT2D eigenvalue weighted by molar-refractivity contribution is 0.225. The fourth-order valence-electron chi connectivity index (χ4n) is 2.91. The predicted molar refractivity (Wildman–Crippen MR) is 107 cm³/mol. The van der Waals surface area contributed by atoms with Crippen molar-refractivity contribution in [1.82, 2.24) is 20.2 Å². The highest BCUT2D eigenvalue weighted by atomic mass is 32.2. The van der Waals surface area contributed by atoms with Crippen LogP contribution in [0, 0.1) is 0 Å². The van der Waals surface area contributed by atoms with Gasteiger partial charge in [0, 0.05) is 35.0 Å². The minimum absolute atomic E-state index is 0.393. The number of unbranched alkanes of at least 4 members (excludes halogenated alkanes) is 2. The van der Waals surface area contributed by atoms with Crippen LogP contribution >= 0.6 is 11.8 Å². The van der Waals surface area contributed by atoms with Crippen LogP contribution in [-0.2, 0) is 0 Å². The maximum absolute atomic E-state index is 6.22. The lowest BCUT2D eigenvalue weighted by atomic mass is 10.1. The molecule has 138 valence electrons. The molecule has 1 aromatic carbocycles. The number of benzene rings is 1. The molecule has 3 aromatic rings. The molecule has 0 bridgehead atoms. The van der Waals surface area contributed by atoms with E-state index in [1.807, 2.05) is 36.4 Å². The summed E-state index contributed by atoms with van der Waals surface area (Å²) in [5.74, 6) is 1.48. The van der Waals surface area contributed by atoms with Crippen LogP contribution in [0.25, 0.3) is 11.3 Å². The molecule has 1 N–H and O–H groups in total. The zero-order valence-corrected chi connectivity index (χ0v) is 15.9. The first-order valence-electron chi connectivity index (χ1n) is 9.15. The third kappa shape index (κ3) is 4.03. The fraction of sp³-hybridized carbons (Fsp3) is 0.300. The molecule has 27 heavy (non-hydrogen) atoms. The number of fused-ring (bicyclic) bond motifs is 3. The number of thioether (sulfide) groups is 1. The van der Waals surface area contributed by atoms with Gasteiger partial charge in [0.2, 0.25) is 11.0 Å². The van der Waals surface area contributed by atoms with Crippen molar-refractivity contribution < 1.29 is 4.74 Å². The highest BCUT2D eigenvalue weighted by Gasteiger charge is 2.26. The highest BCUT2D eigenvalue weighted by molar-refractivity contribution is 7.99. The zero-order valence-electron chi connectivity index (χ0n) is 15.1. The van der Waals surface area contributed by atoms with E-state index in [9.17, 15) is 0 Å². The predicted octanol–water partition coefficient (Wildman–Crippen LogP) is 4.72. The summed E-state index contributed by atoms with van der Waals surface area (Å²) in [6.45, 7) is 2.20. The van der Waals surface area contributed by atoms with Gasteiger partial charge in [-0.1, -0.05) is 55.8 Å². The quantitative estimate of drug-likeness (QED) is 0.491. The number of hydrogen-bond donors (Lipinski definition) is 1. The maximum atomic E-state index is 6.22. The summed E-state index contributed by atoms with van der Waals surface area (Å²) in [6.07, 6.45) is 6.70. The van der Waals surface area contributed by atoms with Crippen LogP contribution in [0.3, 0.4) is 0 Å². The first-order chi connectivity index (χ1) is 13.3. The molecule has 1 aliphatic heterocycles. The lowest BCUT2D eigenvalue weighted by Gasteiger charge is -2.18. The van der Waals surface area contributed by atoms with Crippen LogP contribution in [0.1, 0.15) is 38.0 Å². The van der Waals surface area contributed by atoms with Gasteiger partial charge in [-0.2, -0.15) is 4.98 Å².